The van der Waals surface area contributed by atoms with E-state index in [0.29, 0.717) is 13.2 Å². The fourth-order valence-corrected chi connectivity index (χ4v) is 2.09. The van der Waals surface area contributed by atoms with Crippen LogP contribution in [0.3, 0.4) is 0 Å². The lowest BCUT2D eigenvalue weighted by molar-refractivity contribution is -0.127. The molecule has 0 atom stereocenters. The fourth-order valence-electron chi connectivity index (χ4n) is 2.09. The van der Waals surface area contributed by atoms with E-state index in [1.54, 1.807) is 0 Å². The van der Waals surface area contributed by atoms with Crippen LogP contribution in [0.15, 0.2) is 0 Å². The molecule has 0 unspecified atom stereocenters. The predicted molar refractivity (Wildman–Crippen MR) is 73.6 cm³/mol. The molecule has 1 amide bonds. The Balaban J connectivity index is 2.24. The Morgan fingerprint density at radius 3 is 2.61 bits per heavy atom. The van der Waals surface area contributed by atoms with Gasteiger partial charge in [-0.05, 0) is 25.7 Å². The van der Waals surface area contributed by atoms with E-state index in [2.05, 4.69) is 44.8 Å². The van der Waals surface area contributed by atoms with Gasteiger partial charge in [-0.2, -0.15) is 0 Å². The highest BCUT2D eigenvalue weighted by Crippen LogP contribution is 2.17. The fraction of sp³-hybridized carbons (Fsp3) is 0.929. The minimum absolute atomic E-state index is 0.122. The summed E-state index contributed by atoms with van der Waals surface area (Å²) in [5.41, 5.74) is 0.137. The highest BCUT2D eigenvalue weighted by atomic mass is 16.5. The van der Waals surface area contributed by atoms with Crippen molar-refractivity contribution < 1.29 is 9.53 Å². The van der Waals surface area contributed by atoms with Gasteiger partial charge in [0.25, 0.3) is 0 Å². The lowest BCUT2D eigenvalue weighted by atomic mass is 9.92. The van der Waals surface area contributed by atoms with E-state index < -0.39 is 0 Å². The number of nitrogens with one attached hydrogen (secondary N) is 1. The predicted octanol–water partition coefficient (Wildman–Crippen LogP) is 1.65. The molecule has 106 valence electrons. The molecular formula is C14H28N2O2. The van der Waals surface area contributed by atoms with Crippen LogP contribution in [0.4, 0.5) is 0 Å². The third-order valence-electron chi connectivity index (χ3n) is 3.07. The number of rotatable bonds is 4. The van der Waals surface area contributed by atoms with E-state index in [-0.39, 0.29) is 16.9 Å². The summed E-state index contributed by atoms with van der Waals surface area (Å²) in [6, 6.07) is 0. The summed E-state index contributed by atoms with van der Waals surface area (Å²) in [5, 5.41) is 2.99. The Hall–Kier alpha value is -0.610. The van der Waals surface area contributed by atoms with E-state index in [1.165, 1.54) is 0 Å². The van der Waals surface area contributed by atoms with Gasteiger partial charge in [-0.1, -0.05) is 20.8 Å². The first kappa shape index (κ1) is 15.4. The molecule has 0 aromatic rings. The van der Waals surface area contributed by atoms with Crippen molar-refractivity contribution in [1.82, 2.24) is 10.2 Å². The number of morpholine rings is 1. The van der Waals surface area contributed by atoms with E-state index >= 15 is 0 Å². The first-order valence-electron chi connectivity index (χ1n) is 6.81. The van der Waals surface area contributed by atoms with Crippen LogP contribution in [0.5, 0.6) is 0 Å². The number of hydrogen-bond donors (Lipinski definition) is 1. The van der Waals surface area contributed by atoms with E-state index in [1.807, 2.05) is 0 Å². The van der Waals surface area contributed by atoms with Crippen molar-refractivity contribution >= 4 is 5.91 Å². The first-order valence-corrected chi connectivity index (χ1v) is 6.81. The van der Waals surface area contributed by atoms with Crippen LogP contribution in [-0.4, -0.2) is 49.2 Å². The van der Waals surface area contributed by atoms with Gasteiger partial charge in [-0.3, -0.25) is 9.69 Å². The smallest absolute Gasteiger partial charge is 0.234 e. The summed E-state index contributed by atoms with van der Waals surface area (Å²) < 4.78 is 5.63. The Labute approximate surface area is 111 Å². The third-order valence-corrected chi connectivity index (χ3v) is 3.07. The van der Waals surface area contributed by atoms with Crippen molar-refractivity contribution in [1.29, 1.82) is 0 Å². The molecule has 0 aromatic heterocycles. The van der Waals surface area contributed by atoms with Crippen LogP contribution in [0.25, 0.3) is 0 Å². The zero-order valence-corrected chi connectivity index (χ0v) is 12.5. The summed E-state index contributed by atoms with van der Waals surface area (Å²) in [6.07, 6.45) is 1.01. The van der Waals surface area contributed by atoms with Crippen molar-refractivity contribution in [2.45, 2.75) is 46.6 Å². The van der Waals surface area contributed by atoms with Gasteiger partial charge in [0.1, 0.15) is 0 Å². The Morgan fingerprint density at radius 2 is 2.06 bits per heavy atom. The number of nitrogens with zero attached hydrogens (tertiary/aromatic N) is 1. The van der Waals surface area contributed by atoms with Gasteiger partial charge < -0.3 is 10.1 Å². The van der Waals surface area contributed by atoms with Crippen LogP contribution in [-0.2, 0) is 9.53 Å². The van der Waals surface area contributed by atoms with Gasteiger partial charge in [0.2, 0.25) is 5.91 Å². The van der Waals surface area contributed by atoms with Crippen molar-refractivity contribution in [3.05, 3.63) is 0 Å². The van der Waals surface area contributed by atoms with Crippen LogP contribution in [0.1, 0.15) is 41.0 Å². The van der Waals surface area contributed by atoms with Crippen molar-refractivity contribution in [2.75, 3.05) is 32.8 Å². The largest absolute Gasteiger partial charge is 0.373 e. The topological polar surface area (TPSA) is 41.6 Å². The Bertz CT molecular complexity index is 282. The Morgan fingerprint density at radius 1 is 1.39 bits per heavy atom. The number of amides is 1. The Kier molecular flexibility index (Phi) is 5.17. The average molecular weight is 256 g/mol. The summed E-state index contributed by atoms with van der Waals surface area (Å²) in [7, 11) is 0. The molecule has 1 heterocycles. The second-order valence-electron chi connectivity index (χ2n) is 6.98. The van der Waals surface area contributed by atoms with Gasteiger partial charge in [0.15, 0.2) is 0 Å². The lowest BCUT2D eigenvalue weighted by Crippen LogP contribution is -2.51. The van der Waals surface area contributed by atoms with Crippen molar-refractivity contribution in [3.63, 3.8) is 0 Å². The van der Waals surface area contributed by atoms with E-state index in [0.717, 1.165) is 26.1 Å². The zero-order chi connectivity index (χ0) is 13.8. The molecule has 1 aliphatic heterocycles. The minimum atomic E-state index is -0.135. The third kappa shape index (κ3) is 6.36. The summed E-state index contributed by atoms with van der Waals surface area (Å²) >= 11 is 0. The van der Waals surface area contributed by atoms with Crippen LogP contribution in [0.2, 0.25) is 0 Å². The number of carbonyl (C=O) groups is 1. The van der Waals surface area contributed by atoms with Gasteiger partial charge in [-0.15, -0.1) is 0 Å². The molecule has 1 saturated heterocycles. The van der Waals surface area contributed by atoms with Crippen LogP contribution >= 0.6 is 0 Å². The quantitative estimate of drug-likeness (QED) is 0.831. The van der Waals surface area contributed by atoms with Crippen molar-refractivity contribution in [2.24, 2.45) is 5.41 Å². The molecule has 1 rings (SSSR count). The second-order valence-corrected chi connectivity index (χ2v) is 6.98. The van der Waals surface area contributed by atoms with Crippen LogP contribution < -0.4 is 5.32 Å². The summed E-state index contributed by atoms with van der Waals surface area (Å²) in [6.45, 7) is 14.3. The normalized spacial score (nSPS) is 20.7. The molecule has 0 saturated carbocycles. The molecule has 0 aromatic carbocycles. The highest BCUT2D eigenvalue weighted by molar-refractivity contribution is 5.78. The van der Waals surface area contributed by atoms with Crippen LogP contribution in [0, 0.1) is 5.41 Å². The zero-order valence-electron chi connectivity index (χ0n) is 12.5. The molecule has 1 N–H and O–H groups in total. The summed E-state index contributed by atoms with van der Waals surface area (Å²) in [5.74, 6) is 0.122. The molecule has 4 nitrogen and oxygen atoms in total. The maximum absolute atomic E-state index is 11.8. The number of carbonyl (C=O) groups excluding carboxylic acids is 1. The maximum Gasteiger partial charge on any atom is 0.234 e. The minimum Gasteiger partial charge on any atom is -0.373 e. The van der Waals surface area contributed by atoms with Gasteiger partial charge in [-0.25, -0.2) is 0 Å². The average Bonchev–Trinajstić information content (AvgIpc) is 2.13. The highest BCUT2D eigenvalue weighted by Gasteiger charge is 2.28. The first-order chi connectivity index (χ1) is 8.18. The van der Waals surface area contributed by atoms with Gasteiger partial charge in [0.05, 0.1) is 18.8 Å². The monoisotopic (exact) mass is 256 g/mol. The molecule has 0 spiro atoms. The summed E-state index contributed by atoms with van der Waals surface area (Å²) in [4.78, 5) is 14.0. The second kappa shape index (κ2) is 6.02. The molecule has 1 aliphatic rings. The van der Waals surface area contributed by atoms with E-state index in [9.17, 15) is 4.79 Å². The van der Waals surface area contributed by atoms with Gasteiger partial charge in [0, 0.05) is 19.6 Å². The van der Waals surface area contributed by atoms with E-state index in [4.69, 9.17) is 4.74 Å². The number of ether oxygens (including phenoxy) is 1. The molecule has 0 aliphatic carbocycles. The standard InChI is InChI=1S/C14H28N2O2/c1-13(2,3)6-7-15-12(17)10-16-8-9-18-14(4,5)11-16/h6-11H2,1-5H3,(H,15,17). The SMILES string of the molecule is CC(C)(C)CCNC(=O)CN1CCOC(C)(C)C1. The van der Waals surface area contributed by atoms with Gasteiger partial charge >= 0.3 is 0 Å². The molecular weight excluding hydrogens is 228 g/mol. The molecule has 0 radical (unpaired) electrons. The molecule has 0 bridgehead atoms. The lowest BCUT2D eigenvalue weighted by Gasteiger charge is -2.37. The maximum atomic E-state index is 11.8. The van der Waals surface area contributed by atoms with Crippen molar-refractivity contribution in [3.8, 4) is 0 Å². The molecule has 1 fully saturated rings. The molecule has 18 heavy (non-hydrogen) atoms. The molecule has 4 heteroatoms. The number of hydrogen-bond acceptors (Lipinski definition) is 3.